The van der Waals surface area contributed by atoms with Crippen LogP contribution in [0, 0.1) is 0 Å². The van der Waals surface area contributed by atoms with Crippen molar-refractivity contribution in [2.75, 3.05) is 18.6 Å². The first-order valence-corrected chi connectivity index (χ1v) is 9.16. The van der Waals surface area contributed by atoms with Crippen LogP contribution >= 0.6 is 11.8 Å². The third-order valence-electron chi connectivity index (χ3n) is 4.34. The molecule has 0 saturated carbocycles. The normalized spacial score (nSPS) is 17.9. The molecule has 2 N–H and O–H groups in total. The van der Waals surface area contributed by atoms with Gasteiger partial charge in [0.15, 0.2) is 0 Å². The van der Waals surface area contributed by atoms with Crippen LogP contribution in [0.25, 0.3) is 0 Å². The molecule has 5 nitrogen and oxygen atoms in total. The lowest BCUT2D eigenvalue weighted by atomic mass is 9.99. The maximum Gasteiger partial charge on any atom is 0.335 e. The molecular weight excluding hydrogens is 310 g/mol. The van der Waals surface area contributed by atoms with Crippen LogP contribution in [0.4, 0.5) is 0 Å². The molecular formula is C17H21N3O2S. The zero-order valence-corrected chi connectivity index (χ0v) is 14.0. The highest BCUT2D eigenvalue weighted by molar-refractivity contribution is 7.98. The SMILES string of the molecule is CSCCC1c2nc[nH]c2CCN1Cc1ccc(C(=O)O)cc1. The number of imidazole rings is 1. The fraction of sp³-hybridized carbons (Fsp3) is 0.412. The van der Waals surface area contributed by atoms with Crippen molar-refractivity contribution in [1.29, 1.82) is 0 Å². The highest BCUT2D eigenvalue weighted by atomic mass is 32.2. The van der Waals surface area contributed by atoms with Gasteiger partial charge in [-0.25, -0.2) is 9.78 Å². The second kappa shape index (κ2) is 7.19. The van der Waals surface area contributed by atoms with Crippen molar-refractivity contribution in [2.45, 2.75) is 25.4 Å². The van der Waals surface area contributed by atoms with Gasteiger partial charge in [-0.05, 0) is 36.1 Å². The second-order valence-corrected chi connectivity index (χ2v) is 6.77. The van der Waals surface area contributed by atoms with Crippen LogP contribution in [0.1, 0.15) is 39.8 Å². The summed E-state index contributed by atoms with van der Waals surface area (Å²) in [6, 6.07) is 7.51. The number of fused-ring (bicyclic) bond motifs is 1. The van der Waals surface area contributed by atoms with Crippen LogP contribution in [-0.2, 0) is 13.0 Å². The van der Waals surface area contributed by atoms with Gasteiger partial charge in [-0.1, -0.05) is 12.1 Å². The van der Waals surface area contributed by atoms with Gasteiger partial charge in [0.2, 0.25) is 0 Å². The third kappa shape index (κ3) is 3.59. The molecule has 122 valence electrons. The average molecular weight is 331 g/mol. The highest BCUT2D eigenvalue weighted by Gasteiger charge is 2.29. The third-order valence-corrected chi connectivity index (χ3v) is 4.98. The van der Waals surface area contributed by atoms with Gasteiger partial charge in [0, 0.05) is 25.2 Å². The summed E-state index contributed by atoms with van der Waals surface area (Å²) in [5.41, 5.74) is 3.91. The van der Waals surface area contributed by atoms with E-state index in [4.69, 9.17) is 5.11 Å². The monoisotopic (exact) mass is 331 g/mol. The Morgan fingerprint density at radius 3 is 2.91 bits per heavy atom. The van der Waals surface area contributed by atoms with Crippen molar-refractivity contribution in [3.63, 3.8) is 0 Å². The second-order valence-electron chi connectivity index (χ2n) is 5.79. The Hall–Kier alpha value is -1.79. The van der Waals surface area contributed by atoms with Gasteiger partial charge in [0.25, 0.3) is 0 Å². The molecule has 0 radical (unpaired) electrons. The summed E-state index contributed by atoms with van der Waals surface area (Å²) in [4.78, 5) is 21.2. The number of carboxylic acids is 1. The van der Waals surface area contributed by atoms with E-state index in [9.17, 15) is 4.79 Å². The van der Waals surface area contributed by atoms with E-state index in [1.165, 1.54) is 11.4 Å². The minimum atomic E-state index is -0.881. The largest absolute Gasteiger partial charge is 0.478 e. The van der Waals surface area contributed by atoms with Crippen LogP contribution in [0.3, 0.4) is 0 Å². The van der Waals surface area contributed by atoms with E-state index in [0.717, 1.165) is 37.2 Å². The first-order chi connectivity index (χ1) is 11.2. The number of hydrogen-bond acceptors (Lipinski definition) is 4. The summed E-state index contributed by atoms with van der Waals surface area (Å²) in [7, 11) is 0. The number of nitrogens with one attached hydrogen (secondary N) is 1. The van der Waals surface area contributed by atoms with Gasteiger partial charge in [0.1, 0.15) is 0 Å². The molecule has 0 spiro atoms. The van der Waals surface area contributed by atoms with Crippen LogP contribution in [0.2, 0.25) is 0 Å². The molecule has 0 fully saturated rings. The minimum absolute atomic E-state index is 0.330. The van der Waals surface area contributed by atoms with Crippen molar-refractivity contribution in [3.8, 4) is 0 Å². The summed E-state index contributed by atoms with van der Waals surface area (Å²) < 4.78 is 0. The number of benzene rings is 1. The predicted octanol–water partition coefficient (Wildman–Crippen LogP) is 2.96. The molecule has 0 aliphatic carbocycles. The van der Waals surface area contributed by atoms with Gasteiger partial charge in [-0.3, -0.25) is 4.90 Å². The number of aromatic amines is 1. The number of H-pyrrole nitrogens is 1. The summed E-state index contributed by atoms with van der Waals surface area (Å²) in [5.74, 6) is 0.222. The zero-order chi connectivity index (χ0) is 16.2. The molecule has 1 aliphatic rings. The molecule has 0 bridgehead atoms. The first kappa shape index (κ1) is 16.1. The predicted molar refractivity (Wildman–Crippen MR) is 91.8 cm³/mol. The lowest BCUT2D eigenvalue weighted by Gasteiger charge is -2.35. The maximum atomic E-state index is 11.0. The van der Waals surface area contributed by atoms with Crippen molar-refractivity contribution in [3.05, 3.63) is 53.1 Å². The van der Waals surface area contributed by atoms with Crippen molar-refractivity contribution in [1.82, 2.24) is 14.9 Å². The fourth-order valence-electron chi connectivity index (χ4n) is 3.13. The smallest absolute Gasteiger partial charge is 0.335 e. The summed E-state index contributed by atoms with van der Waals surface area (Å²) in [6.07, 6.45) is 5.98. The van der Waals surface area contributed by atoms with Crippen molar-refractivity contribution < 1.29 is 9.90 Å². The number of aromatic nitrogens is 2. The Bertz CT molecular complexity index is 669. The molecule has 1 aromatic heterocycles. The van der Waals surface area contributed by atoms with Gasteiger partial charge in [0.05, 0.1) is 23.6 Å². The molecule has 1 atom stereocenters. The van der Waals surface area contributed by atoms with Crippen LogP contribution in [-0.4, -0.2) is 44.5 Å². The van der Waals surface area contributed by atoms with E-state index in [0.29, 0.717) is 11.6 Å². The quantitative estimate of drug-likeness (QED) is 0.852. The van der Waals surface area contributed by atoms with E-state index < -0.39 is 5.97 Å². The van der Waals surface area contributed by atoms with Gasteiger partial charge in [-0.15, -0.1) is 0 Å². The molecule has 3 rings (SSSR count). The Morgan fingerprint density at radius 1 is 1.43 bits per heavy atom. The Kier molecular flexibility index (Phi) is 5.03. The number of aromatic carboxylic acids is 1. The maximum absolute atomic E-state index is 11.0. The summed E-state index contributed by atoms with van der Waals surface area (Å²) >= 11 is 1.86. The van der Waals surface area contributed by atoms with Gasteiger partial charge in [-0.2, -0.15) is 11.8 Å². The highest BCUT2D eigenvalue weighted by Crippen LogP contribution is 2.32. The van der Waals surface area contributed by atoms with Crippen LogP contribution in [0.5, 0.6) is 0 Å². The molecule has 1 aliphatic heterocycles. The van der Waals surface area contributed by atoms with E-state index in [2.05, 4.69) is 21.1 Å². The Labute approximate surface area is 140 Å². The van der Waals surface area contributed by atoms with Crippen LogP contribution < -0.4 is 0 Å². The van der Waals surface area contributed by atoms with E-state index in [-0.39, 0.29) is 0 Å². The minimum Gasteiger partial charge on any atom is -0.478 e. The van der Waals surface area contributed by atoms with E-state index >= 15 is 0 Å². The average Bonchev–Trinajstić information content (AvgIpc) is 3.03. The van der Waals surface area contributed by atoms with Crippen LogP contribution in [0.15, 0.2) is 30.6 Å². The van der Waals surface area contributed by atoms with Crippen molar-refractivity contribution in [2.24, 2.45) is 0 Å². The summed E-state index contributed by atoms with van der Waals surface area (Å²) in [6.45, 7) is 1.82. The molecule has 0 amide bonds. The summed E-state index contributed by atoms with van der Waals surface area (Å²) in [5, 5.41) is 9.00. The topological polar surface area (TPSA) is 69.2 Å². The number of thioether (sulfide) groups is 1. The standard InChI is InChI=1S/C17H21N3O2S/c1-23-9-7-15-16-14(18-11-19-16)6-8-20(15)10-12-2-4-13(5-3-12)17(21)22/h2-5,11,15H,6-10H2,1H3,(H,18,19)(H,21,22). The van der Waals surface area contributed by atoms with Gasteiger partial charge < -0.3 is 10.1 Å². The van der Waals surface area contributed by atoms with E-state index in [1.807, 2.05) is 23.9 Å². The lowest BCUT2D eigenvalue weighted by Crippen LogP contribution is -2.35. The zero-order valence-electron chi connectivity index (χ0n) is 13.2. The molecule has 6 heteroatoms. The number of nitrogens with zero attached hydrogens (tertiary/aromatic N) is 2. The Morgan fingerprint density at radius 2 is 2.22 bits per heavy atom. The molecule has 0 saturated heterocycles. The fourth-order valence-corrected chi connectivity index (χ4v) is 3.59. The molecule has 2 heterocycles. The van der Waals surface area contributed by atoms with E-state index in [1.54, 1.807) is 18.5 Å². The lowest BCUT2D eigenvalue weighted by molar-refractivity contribution is 0.0697. The number of carbonyl (C=O) groups is 1. The number of rotatable bonds is 6. The van der Waals surface area contributed by atoms with Gasteiger partial charge >= 0.3 is 5.97 Å². The van der Waals surface area contributed by atoms with Crippen molar-refractivity contribution >= 4 is 17.7 Å². The first-order valence-electron chi connectivity index (χ1n) is 7.76. The number of carboxylic acid groups (broad SMARTS) is 1. The molecule has 23 heavy (non-hydrogen) atoms. The molecule has 1 aromatic carbocycles. The molecule has 1 unspecified atom stereocenters. The number of hydrogen-bond donors (Lipinski definition) is 2. The Balaban J connectivity index is 1.76. The molecule has 2 aromatic rings.